The van der Waals surface area contributed by atoms with Gasteiger partial charge in [-0.25, -0.2) is 0 Å². The van der Waals surface area contributed by atoms with Crippen molar-refractivity contribution in [2.75, 3.05) is 7.11 Å². The number of aromatic amines is 1. The van der Waals surface area contributed by atoms with Gasteiger partial charge < -0.3 is 18.9 Å². The van der Waals surface area contributed by atoms with Crippen LogP contribution in [0.3, 0.4) is 0 Å². The smallest absolute Gasteiger partial charge is 0.266 e. The Hall–Kier alpha value is -3.06. The number of furan rings is 1. The van der Waals surface area contributed by atoms with E-state index in [9.17, 15) is 9.59 Å². The molecule has 1 N–H and O–H groups in total. The summed E-state index contributed by atoms with van der Waals surface area (Å²) in [5, 5.41) is 0. The minimum Gasteiger partial charge on any atom is -0.493 e. The fourth-order valence-electron chi connectivity index (χ4n) is 2.44. The number of benzene rings is 1. The Labute approximate surface area is 159 Å². The van der Waals surface area contributed by atoms with Crippen molar-refractivity contribution in [3.63, 3.8) is 0 Å². The molecule has 0 unspecified atom stereocenters. The number of aromatic nitrogens is 1. The minimum atomic E-state index is -0.311. The second-order valence-corrected chi connectivity index (χ2v) is 7.04. The number of ketones is 1. The van der Waals surface area contributed by atoms with Crippen LogP contribution in [0.15, 0.2) is 45.8 Å². The van der Waals surface area contributed by atoms with Crippen molar-refractivity contribution >= 4 is 29.3 Å². The highest BCUT2D eigenvalue weighted by molar-refractivity contribution is 7.07. The van der Waals surface area contributed by atoms with Crippen LogP contribution in [0.4, 0.5) is 0 Å². The molecule has 0 spiro atoms. The maximum absolute atomic E-state index is 12.3. The number of hydrogen-bond donors (Lipinski definition) is 1. The molecule has 0 atom stereocenters. The van der Waals surface area contributed by atoms with Crippen LogP contribution in [0.1, 0.15) is 30.0 Å². The lowest BCUT2D eigenvalue weighted by Crippen LogP contribution is -2.20. The van der Waals surface area contributed by atoms with Gasteiger partial charge in [-0.1, -0.05) is 12.1 Å². The van der Waals surface area contributed by atoms with Crippen LogP contribution in [-0.2, 0) is 0 Å². The molecule has 2 heterocycles. The van der Waals surface area contributed by atoms with E-state index >= 15 is 0 Å². The molecule has 0 aliphatic heterocycles. The Balaban J connectivity index is 2.05. The lowest BCUT2D eigenvalue weighted by molar-refractivity contribution is 0.103. The van der Waals surface area contributed by atoms with Crippen molar-refractivity contribution in [2.45, 2.75) is 20.0 Å². The molecule has 2 aromatic heterocycles. The van der Waals surface area contributed by atoms with E-state index in [0.29, 0.717) is 20.7 Å². The topological polar surface area (TPSA) is 81.5 Å². The first-order valence-electron chi connectivity index (χ1n) is 8.32. The summed E-state index contributed by atoms with van der Waals surface area (Å²) in [6, 6.07) is 8.68. The predicted octanol–water partition coefficient (Wildman–Crippen LogP) is 2.32. The molecule has 0 amide bonds. The Morgan fingerprint density at radius 1 is 1.26 bits per heavy atom. The van der Waals surface area contributed by atoms with Crippen LogP contribution >= 0.6 is 11.3 Å². The molecule has 6 nitrogen and oxygen atoms in total. The van der Waals surface area contributed by atoms with E-state index in [2.05, 4.69) is 4.98 Å². The average molecular weight is 385 g/mol. The number of nitrogens with one attached hydrogen (secondary N) is 1. The van der Waals surface area contributed by atoms with Gasteiger partial charge >= 0.3 is 0 Å². The first-order chi connectivity index (χ1) is 13.0. The molecule has 1 aromatic carbocycles. The zero-order chi connectivity index (χ0) is 19.4. The molecule has 0 saturated heterocycles. The van der Waals surface area contributed by atoms with Gasteiger partial charge in [0.1, 0.15) is 0 Å². The summed E-state index contributed by atoms with van der Waals surface area (Å²) in [7, 11) is 1.57. The number of carbonyl (C=O) groups excluding carboxylic acids is 1. The number of thiazole rings is 1. The molecule has 0 aliphatic carbocycles. The first-order valence-corrected chi connectivity index (χ1v) is 9.13. The molecule has 27 heavy (non-hydrogen) atoms. The normalized spacial score (nSPS) is 12.6. The van der Waals surface area contributed by atoms with E-state index in [1.165, 1.54) is 23.7 Å². The second-order valence-electron chi connectivity index (χ2n) is 5.96. The third-order valence-corrected chi connectivity index (χ3v) is 4.54. The number of H-pyrrole nitrogens is 1. The SMILES string of the molecule is COc1cccc(/C=c2\s/c(=C\C(=O)c3ccco3)[nH]c2=O)c1OC(C)C. The lowest BCUT2D eigenvalue weighted by Gasteiger charge is -2.15. The Morgan fingerprint density at radius 2 is 2.07 bits per heavy atom. The van der Waals surface area contributed by atoms with E-state index in [-0.39, 0.29) is 23.2 Å². The number of methoxy groups -OCH3 is 1. The summed E-state index contributed by atoms with van der Waals surface area (Å²) in [5.41, 5.74) is 0.441. The minimum absolute atomic E-state index is 0.0510. The third kappa shape index (κ3) is 4.38. The fraction of sp³-hybridized carbons (Fsp3) is 0.200. The van der Waals surface area contributed by atoms with E-state index < -0.39 is 0 Å². The van der Waals surface area contributed by atoms with Gasteiger partial charge in [-0.05, 0) is 38.1 Å². The van der Waals surface area contributed by atoms with Crippen molar-refractivity contribution in [1.29, 1.82) is 0 Å². The van der Waals surface area contributed by atoms with Crippen LogP contribution in [0, 0.1) is 0 Å². The third-order valence-electron chi connectivity index (χ3n) is 3.58. The highest BCUT2D eigenvalue weighted by Crippen LogP contribution is 2.32. The van der Waals surface area contributed by atoms with Crippen molar-refractivity contribution in [1.82, 2.24) is 4.98 Å². The molecule has 3 rings (SSSR count). The number of carbonyl (C=O) groups is 1. The van der Waals surface area contributed by atoms with Gasteiger partial charge in [0, 0.05) is 11.6 Å². The Morgan fingerprint density at radius 3 is 2.74 bits per heavy atom. The summed E-state index contributed by atoms with van der Waals surface area (Å²) in [5.74, 6) is 1.06. The predicted molar refractivity (Wildman–Crippen MR) is 104 cm³/mol. The quantitative estimate of drug-likeness (QED) is 0.659. The Kier molecular flexibility index (Phi) is 5.61. The van der Waals surface area contributed by atoms with Gasteiger partial charge in [0.05, 0.1) is 28.7 Å². The van der Waals surface area contributed by atoms with E-state index in [1.807, 2.05) is 26.0 Å². The van der Waals surface area contributed by atoms with E-state index in [1.54, 1.807) is 31.4 Å². The van der Waals surface area contributed by atoms with Gasteiger partial charge in [-0.3, -0.25) is 9.59 Å². The van der Waals surface area contributed by atoms with E-state index in [0.717, 1.165) is 5.56 Å². The molecule has 0 saturated carbocycles. The first kappa shape index (κ1) is 18.7. The molecule has 0 bridgehead atoms. The highest BCUT2D eigenvalue weighted by atomic mass is 32.1. The number of ether oxygens (including phenoxy) is 2. The molecule has 0 radical (unpaired) electrons. The van der Waals surface area contributed by atoms with Crippen molar-refractivity contribution in [2.24, 2.45) is 0 Å². The molecule has 0 fully saturated rings. The molecule has 7 heteroatoms. The van der Waals surface area contributed by atoms with Gasteiger partial charge in [0.2, 0.25) is 5.78 Å². The fourth-order valence-corrected chi connectivity index (χ4v) is 3.32. The summed E-state index contributed by atoms with van der Waals surface area (Å²) >= 11 is 1.18. The second kappa shape index (κ2) is 8.09. The summed E-state index contributed by atoms with van der Waals surface area (Å²) in [4.78, 5) is 27.1. The van der Waals surface area contributed by atoms with Gasteiger partial charge in [-0.15, -0.1) is 11.3 Å². The maximum atomic E-state index is 12.3. The largest absolute Gasteiger partial charge is 0.493 e. The molecule has 0 aliphatic rings. The molecule has 3 aromatic rings. The summed E-state index contributed by atoms with van der Waals surface area (Å²) in [6.45, 7) is 3.84. The Bertz CT molecular complexity index is 1110. The number of hydrogen-bond acceptors (Lipinski definition) is 6. The van der Waals surface area contributed by atoms with Crippen LogP contribution < -0.4 is 24.2 Å². The number of Topliss-reactive ketones (excluding diaryl/α,β-unsaturated/α-hetero) is 1. The van der Waals surface area contributed by atoms with E-state index in [4.69, 9.17) is 13.9 Å². The molecular formula is C20H19NO5S. The van der Waals surface area contributed by atoms with Crippen molar-refractivity contribution < 1.29 is 18.7 Å². The average Bonchev–Trinajstić information content (AvgIpc) is 3.26. The monoisotopic (exact) mass is 385 g/mol. The van der Waals surface area contributed by atoms with Crippen molar-refractivity contribution in [3.05, 3.63) is 67.5 Å². The number of rotatable bonds is 6. The molecular weight excluding hydrogens is 366 g/mol. The van der Waals surface area contributed by atoms with Crippen LogP contribution in [0.2, 0.25) is 0 Å². The lowest BCUT2D eigenvalue weighted by atomic mass is 10.1. The zero-order valence-corrected chi connectivity index (χ0v) is 16.0. The van der Waals surface area contributed by atoms with Crippen LogP contribution in [0.25, 0.3) is 12.2 Å². The van der Waals surface area contributed by atoms with Crippen LogP contribution in [-0.4, -0.2) is 24.0 Å². The number of para-hydroxylation sites is 1. The van der Waals surface area contributed by atoms with Crippen LogP contribution in [0.5, 0.6) is 11.5 Å². The van der Waals surface area contributed by atoms with Gasteiger partial charge in [-0.2, -0.15) is 0 Å². The van der Waals surface area contributed by atoms with Crippen molar-refractivity contribution in [3.8, 4) is 11.5 Å². The standard InChI is InChI=1S/C20H19NO5S/c1-12(2)26-19-13(6-4-7-16(19)24-3)10-17-20(23)21-18(27-17)11-14(22)15-8-5-9-25-15/h4-12H,1-3H3,(H,21,23)/b17-10-,18-11-. The summed E-state index contributed by atoms with van der Waals surface area (Å²) in [6.07, 6.45) is 4.44. The maximum Gasteiger partial charge on any atom is 0.266 e. The zero-order valence-electron chi connectivity index (χ0n) is 15.1. The summed E-state index contributed by atoms with van der Waals surface area (Å²) < 4.78 is 17.2. The van der Waals surface area contributed by atoms with Gasteiger partial charge in [0.25, 0.3) is 5.56 Å². The van der Waals surface area contributed by atoms with Gasteiger partial charge in [0.15, 0.2) is 17.3 Å². The molecule has 140 valence electrons. The highest BCUT2D eigenvalue weighted by Gasteiger charge is 2.11.